The highest BCUT2D eigenvalue weighted by Crippen LogP contribution is 2.32. The van der Waals surface area contributed by atoms with Crippen molar-refractivity contribution in [3.8, 4) is 0 Å². The molecular formula is C33H40N4O2. The maximum Gasteiger partial charge on any atom is 0.243 e. The van der Waals surface area contributed by atoms with Crippen molar-refractivity contribution in [1.82, 2.24) is 20.1 Å². The van der Waals surface area contributed by atoms with Crippen molar-refractivity contribution in [3.05, 3.63) is 108 Å². The molecule has 1 unspecified atom stereocenters. The van der Waals surface area contributed by atoms with Crippen LogP contribution in [0.4, 0.5) is 0 Å². The minimum absolute atomic E-state index is 0.0860. The summed E-state index contributed by atoms with van der Waals surface area (Å²) in [6, 6.07) is 25.6. The van der Waals surface area contributed by atoms with Gasteiger partial charge in [-0.25, -0.2) is 0 Å². The second-order valence-corrected chi connectivity index (χ2v) is 10.2. The van der Waals surface area contributed by atoms with Crippen molar-refractivity contribution in [2.24, 2.45) is 0 Å². The second-order valence-electron chi connectivity index (χ2n) is 10.2. The van der Waals surface area contributed by atoms with Gasteiger partial charge in [-0.1, -0.05) is 79.6 Å². The summed E-state index contributed by atoms with van der Waals surface area (Å²) < 4.78 is 0. The smallest absolute Gasteiger partial charge is 0.243 e. The average molecular weight is 525 g/mol. The van der Waals surface area contributed by atoms with Crippen molar-refractivity contribution in [3.63, 3.8) is 0 Å². The number of amides is 2. The lowest BCUT2D eigenvalue weighted by Crippen LogP contribution is -2.49. The number of carbonyl (C=O) groups is 2. The molecular weight excluding hydrogens is 484 g/mol. The summed E-state index contributed by atoms with van der Waals surface area (Å²) in [7, 11) is 0. The maximum atomic E-state index is 12.1. The standard InChI is InChI=1S/C33H40N4O2/c38-27-37(23-10-2-1-9-22-35-32(39)20-19-28-13-11-21-34-25-28)31-18-12-24-36(26-31)33(29-14-5-3-6-15-29)30-16-7-4-8-17-30/h3-8,11,13-17,19-21,25,27,31,33H,1-2,9-10,12,18,22-24,26H2,(H,35,39). The van der Waals surface area contributed by atoms with Crippen LogP contribution >= 0.6 is 0 Å². The third-order valence-corrected chi connectivity index (χ3v) is 7.38. The van der Waals surface area contributed by atoms with Gasteiger partial charge in [-0.15, -0.1) is 0 Å². The normalized spacial score (nSPS) is 15.9. The van der Waals surface area contributed by atoms with E-state index in [9.17, 15) is 9.59 Å². The first-order chi connectivity index (χ1) is 19.2. The van der Waals surface area contributed by atoms with Gasteiger partial charge in [-0.2, -0.15) is 0 Å². The number of aromatic nitrogens is 1. The molecule has 4 rings (SSSR count). The highest BCUT2D eigenvalue weighted by atomic mass is 16.1. The lowest BCUT2D eigenvalue weighted by atomic mass is 9.93. The van der Waals surface area contributed by atoms with Crippen LogP contribution in [0.1, 0.15) is 61.3 Å². The van der Waals surface area contributed by atoms with Crippen LogP contribution in [0.2, 0.25) is 0 Å². The molecule has 0 bridgehead atoms. The lowest BCUT2D eigenvalue weighted by molar-refractivity contribution is -0.121. The van der Waals surface area contributed by atoms with Gasteiger partial charge in [0.25, 0.3) is 0 Å². The van der Waals surface area contributed by atoms with Gasteiger partial charge in [-0.05, 0) is 61.1 Å². The van der Waals surface area contributed by atoms with Crippen molar-refractivity contribution in [2.45, 2.75) is 50.6 Å². The summed E-state index contributed by atoms with van der Waals surface area (Å²) in [5, 5.41) is 2.94. The Balaban J connectivity index is 1.20. The molecule has 1 aliphatic rings. The molecule has 1 aromatic heterocycles. The number of pyridine rings is 1. The topological polar surface area (TPSA) is 65.5 Å². The van der Waals surface area contributed by atoms with Gasteiger partial charge in [0.1, 0.15) is 0 Å². The van der Waals surface area contributed by atoms with E-state index < -0.39 is 0 Å². The van der Waals surface area contributed by atoms with Crippen molar-refractivity contribution < 1.29 is 9.59 Å². The fourth-order valence-corrected chi connectivity index (χ4v) is 5.38. The Labute approximate surface area is 232 Å². The van der Waals surface area contributed by atoms with Gasteiger partial charge < -0.3 is 10.2 Å². The fourth-order valence-electron chi connectivity index (χ4n) is 5.38. The minimum Gasteiger partial charge on any atom is -0.353 e. The van der Waals surface area contributed by atoms with E-state index in [4.69, 9.17) is 0 Å². The number of piperidine rings is 1. The number of rotatable bonds is 14. The molecule has 2 amide bonds. The van der Waals surface area contributed by atoms with Crippen LogP contribution in [0.25, 0.3) is 6.08 Å². The SMILES string of the molecule is O=CN(CCCCCCNC(=O)C=Cc1cccnc1)C1CCCN(C(c2ccccc2)c2ccccc2)C1. The van der Waals surface area contributed by atoms with Crippen LogP contribution in [0.5, 0.6) is 0 Å². The van der Waals surface area contributed by atoms with Crippen molar-refractivity contribution in [2.75, 3.05) is 26.2 Å². The Morgan fingerprint density at radius 1 is 0.974 bits per heavy atom. The second kappa shape index (κ2) is 15.6. The Morgan fingerprint density at radius 3 is 2.36 bits per heavy atom. The molecule has 6 nitrogen and oxygen atoms in total. The molecule has 1 aliphatic heterocycles. The summed E-state index contributed by atoms with van der Waals surface area (Å²) in [5.41, 5.74) is 3.49. The number of carbonyl (C=O) groups excluding carboxylic acids is 2. The summed E-state index contributed by atoms with van der Waals surface area (Å²) in [4.78, 5) is 32.7. The van der Waals surface area contributed by atoms with Gasteiger partial charge in [-0.3, -0.25) is 19.5 Å². The summed E-state index contributed by atoms with van der Waals surface area (Å²) in [6.07, 6.45) is 13.9. The molecule has 1 N–H and O–H groups in total. The first kappa shape index (κ1) is 28.2. The first-order valence-corrected chi connectivity index (χ1v) is 14.2. The molecule has 1 saturated heterocycles. The molecule has 0 saturated carbocycles. The average Bonchev–Trinajstić information content (AvgIpc) is 2.99. The lowest BCUT2D eigenvalue weighted by Gasteiger charge is -2.42. The van der Waals surface area contributed by atoms with Gasteiger partial charge in [0.15, 0.2) is 0 Å². The third-order valence-electron chi connectivity index (χ3n) is 7.38. The number of hydrogen-bond acceptors (Lipinski definition) is 4. The minimum atomic E-state index is -0.0860. The number of nitrogens with one attached hydrogen (secondary N) is 1. The maximum absolute atomic E-state index is 12.1. The molecule has 6 heteroatoms. The molecule has 2 heterocycles. The van der Waals surface area contributed by atoms with Crippen LogP contribution in [0.15, 0.2) is 91.3 Å². The van der Waals surface area contributed by atoms with Crippen LogP contribution in [-0.4, -0.2) is 59.3 Å². The molecule has 1 fully saturated rings. The van der Waals surface area contributed by atoms with Crippen LogP contribution in [-0.2, 0) is 9.59 Å². The van der Waals surface area contributed by atoms with E-state index in [0.717, 1.165) is 70.1 Å². The fraction of sp³-hybridized carbons (Fsp3) is 0.364. The molecule has 39 heavy (non-hydrogen) atoms. The predicted molar refractivity (Wildman–Crippen MR) is 157 cm³/mol. The van der Waals surface area contributed by atoms with E-state index in [-0.39, 0.29) is 18.0 Å². The molecule has 0 aliphatic carbocycles. The monoisotopic (exact) mass is 524 g/mol. The van der Waals surface area contributed by atoms with Crippen LogP contribution in [0.3, 0.4) is 0 Å². The Bertz CT molecular complexity index is 1110. The third kappa shape index (κ3) is 8.89. The highest BCUT2D eigenvalue weighted by Gasteiger charge is 2.30. The van der Waals surface area contributed by atoms with Crippen molar-refractivity contribution >= 4 is 18.4 Å². The molecule has 0 radical (unpaired) electrons. The van der Waals surface area contributed by atoms with E-state index in [1.54, 1.807) is 24.5 Å². The Kier molecular flexibility index (Phi) is 11.3. The van der Waals surface area contributed by atoms with Gasteiger partial charge in [0.05, 0.1) is 6.04 Å². The zero-order valence-electron chi connectivity index (χ0n) is 22.7. The number of nitrogens with zero attached hydrogens (tertiary/aromatic N) is 3. The molecule has 1 atom stereocenters. The number of likely N-dealkylation sites (tertiary alicyclic amines) is 1. The van der Waals surface area contributed by atoms with E-state index in [2.05, 4.69) is 75.9 Å². The Morgan fingerprint density at radius 2 is 1.69 bits per heavy atom. The predicted octanol–water partition coefficient (Wildman–Crippen LogP) is 5.48. The van der Waals surface area contributed by atoms with E-state index >= 15 is 0 Å². The first-order valence-electron chi connectivity index (χ1n) is 14.2. The summed E-state index contributed by atoms with van der Waals surface area (Å²) in [5.74, 6) is -0.0860. The zero-order valence-corrected chi connectivity index (χ0v) is 22.7. The molecule has 0 spiro atoms. The Hall–Kier alpha value is -3.77. The number of hydrogen-bond donors (Lipinski definition) is 1. The molecule has 2 aromatic carbocycles. The summed E-state index contributed by atoms with van der Waals surface area (Å²) in [6.45, 7) is 3.35. The van der Waals surface area contributed by atoms with Crippen LogP contribution in [0, 0.1) is 0 Å². The van der Waals surface area contributed by atoms with E-state index in [1.165, 1.54) is 11.1 Å². The number of unbranched alkanes of at least 4 members (excludes halogenated alkanes) is 3. The van der Waals surface area contributed by atoms with Gasteiger partial charge in [0.2, 0.25) is 12.3 Å². The zero-order chi connectivity index (χ0) is 27.1. The largest absolute Gasteiger partial charge is 0.353 e. The van der Waals surface area contributed by atoms with Gasteiger partial charge >= 0.3 is 0 Å². The van der Waals surface area contributed by atoms with E-state index in [0.29, 0.717) is 6.54 Å². The van der Waals surface area contributed by atoms with Crippen molar-refractivity contribution in [1.29, 1.82) is 0 Å². The quantitative estimate of drug-likeness (QED) is 0.172. The summed E-state index contributed by atoms with van der Waals surface area (Å²) >= 11 is 0. The molecule has 204 valence electrons. The molecule has 3 aromatic rings. The van der Waals surface area contributed by atoms with Crippen LogP contribution < -0.4 is 5.32 Å². The number of benzene rings is 2. The highest BCUT2D eigenvalue weighted by molar-refractivity contribution is 5.91. The van der Waals surface area contributed by atoms with Gasteiger partial charge in [0, 0.05) is 44.1 Å². The van der Waals surface area contributed by atoms with E-state index in [1.807, 2.05) is 17.0 Å².